The summed E-state index contributed by atoms with van der Waals surface area (Å²) < 4.78 is 0. The molecule has 3 aromatic rings. The van der Waals surface area contributed by atoms with Gasteiger partial charge in [-0.05, 0) is 60.1 Å². The van der Waals surface area contributed by atoms with Gasteiger partial charge in [0.15, 0.2) is 0 Å². The Labute approximate surface area is 138 Å². The van der Waals surface area contributed by atoms with E-state index in [1.165, 1.54) is 22.3 Å². The average molecular weight is 302 g/mol. The quantitative estimate of drug-likeness (QED) is 0.682. The zero-order valence-electron chi connectivity index (χ0n) is 13.3. The van der Waals surface area contributed by atoms with Gasteiger partial charge in [-0.25, -0.2) is 0 Å². The minimum absolute atomic E-state index is 0.330. The summed E-state index contributed by atoms with van der Waals surface area (Å²) >= 11 is 0. The molecule has 23 heavy (non-hydrogen) atoms. The van der Waals surface area contributed by atoms with Crippen LogP contribution >= 0.6 is 0 Å². The van der Waals surface area contributed by atoms with Crippen LogP contribution in [0.3, 0.4) is 0 Å². The highest BCUT2D eigenvalue weighted by molar-refractivity contribution is 5.29. The number of aromatic hydroxyl groups is 1. The summed E-state index contributed by atoms with van der Waals surface area (Å²) in [6, 6.07) is 27.0. The van der Waals surface area contributed by atoms with Gasteiger partial charge in [0.05, 0.1) is 0 Å². The number of hydrogen-bond donors (Lipinski definition) is 1. The highest BCUT2D eigenvalue weighted by atomic mass is 16.3. The predicted molar refractivity (Wildman–Crippen MR) is 95.8 cm³/mol. The fourth-order valence-electron chi connectivity index (χ4n) is 2.83. The highest BCUT2D eigenvalue weighted by Crippen LogP contribution is 2.14. The largest absolute Gasteiger partial charge is 0.508 e. The minimum Gasteiger partial charge on any atom is -0.508 e. The summed E-state index contributed by atoms with van der Waals surface area (Å²) in [7, 11) is 0. The number of hydrogen-bond acceptors (Lipinski definition) is 1. The molecule has 3 aromatic carbocycles. The molecule has 116 valence electrons. The maximum atomic E-state index is 9.33. The van der Waals surface area contributed by atoms with E-state index in [0.717, 1.165) is 25.7 Å². The summed E-state index contributed by atoms with van der Waals surface area (Å²) in [5, 5.41) is 9.33. The van der Waals surface area contributed by atoms with Crippen molar-refractivity contribution in [1.82, 2.24) is 0 Å². The van der Waals surface area contributed by atoms with Crippen molar-refractivity contribution < 1.29 is 5.11 Å². The molecular weight excluding hydrogens is 280 g/mol. The first kappa shape index (κ1) is 15.4. The van der Waals surface area contributed by atoms with Crippen LogP contribution in [0.5, 0.6) is 5.75 Å². The van der Waals surface area contributed by atoms with E-state index in [4.69, 9.17) is 0 Å². The van der Waals surface area contributed by atoms with E-state index in [0.29, 0.717) is 5.75 Å². The lowest BCUT2D eigenvalue weighted by atomic mass is 9.99. The molecule has 0 fully saturated rings. The molecule has 3 rings (SSSR count). The summed E-state index contributed by atoms with van der Waals surface area (Å²) in [6.07, 6.45) is 4.20. The van der Waals surface area contributed by atoms with Crippen LogP contribution < -0.4 is 0 Å². The van der Waals surface area contributed by atoms with Crippen LogP contribution in [-0.2, 0) is 25.7 Å². The van der Waals surface area contributed by atoms with Gasteiger partial charge < -0.3 is 5.11 Å². The molecule has 0 saturated carbocycles. The average Bonchev–Trinajstić information content (AvgIpc) is 2.61. The third-order valence-corrected chi connectivity index (χ3v) is 4.18. The molecule has 0 spiro atoms. The third kappa shape index (κ3) is 4.72. The fourth-order valence-corrected chi connectivity index (χ4v) is 2.83. The van der Waals surface area contributed by atoms with Crippen molar-refractivity contribution in [2.45, 2.75) is 25.7 Å². The zero-order valence-corrected chi connectivity index (χ0v) is 13.3. The predicted octanol–water partition coefficient (Wildman–Crippen LogP) is 4.96. The number of phenols is 1. The lowest BCUT2D eigenvalue weighted by molar-refractivity contribution is 0.475. The van der Waals surface area contributed by atoms with Gasteiger partial charge >= 0.3 is 0 Å². The molecular formula is C22H22O. The topological polar surface area (TPSA) is 20.2 Å². The van der Waals surface area contributed by atoms with Crippen molar-refractivity contribution in [2.24, 2.45) is 0 Å². The molecule has 0 bridgehead atoms. The summed E-state index contributed by atoms with van der Waals surface area (Å²) in [5.74, 6) is 0.330. The second kappa shape index (κ2) is 7.64. The van der Waals surface area contributed by atoms with Crippen molar-refractivity contribution >= 4 is 0 Å². The van der Waals surface area contributed by atoms with Gasteiger partial charge in [0.2, 0.25) is 0 Å². The fraction of sp³-hybridized carbons (Fsp3) is 0.182. The third-order valence-electron chi connectivity index (χ3n) is 4.18. The standard InChI is InChI=1S/C22H22O/c23-22-15-13-19(14-16-22)10-12-21-8-4-7-20(17-21)11-9-18-5-2-1-3-6-18/h1-8,13-17,23H,9-12H2. The molecule has 0 unspecified atom stereocenters. The maximum absolute atomic E-state index is 9.33. The van der Waals surface area contributed by atoms with Crippen molar-refractivity contribution in [3.8, 4) is 5.75 Å². The summed E-state index contributed by atoms with van der Waals surface area (Å²) in [4.78, 5) is 0. The maximum Gasteiger partial charge on any atom is 0.115 e. The van der Waals surface area contributed by atoms with Gasteiger partial charge in [-0.1, -0.05) is 66.7 Å². The van der Waals surface area contributed by atoms with E-state index in [1.807, 2.05) is 12.1 Å². The van der Waals surface area contributed by atoms with Crippen molar-refractivity contribution in [1.29, 1.82) is 0 Å². The lowest BCUT2D eigenvalue weighted by Gasteiger charge is -2.06. The minimum atomic E-state index is 0.330. The molecule has 0 aliphatic carbocycles. The van der Waals surface area contributed by atoms with E-state index in [-0.39, 0.29) is 0 Å². The van der Waals surface area contributed by atoms with E-state index < -0.39 is 0 Å². The Morgan fingerprint density at radius 1 is 0.478 bits per heavy atom. The van der Waals surface area contributed by atoms with Crippen LogP contribution in [0.2, 0.25) is 0 Å². The molecule has 1 heteroatoms. The Balaban J connectivity index is 1.57. The van der Waals surface area contributed by atoms with E-state index in [9.17, 15) is 5.11 Å². The first-order valence-corrected chi connectivity index (χ1v) is 8.19. The highest BCUT2D eigenvalue weighted by Gasteiger charge is 2.00. The van der Waals surface area contributed by atoms with Gasteiger partial charge in [0.1, 0.15) is 5.75 Å². The van der Waals surface area contributed by atoms with Crippen molar-refractivity contribution in [3.63, 3.8) is 0 Å². The number of benzene rings is 3. The normalized spacial score (nSPS) is 10.6. The molecule has 1 N–H and O–H groups in total. The van der Waals surface area contributed by atoms with Crippen LogP contribution in [0.15, 0.2) is 78.9 Å². The molecule has 0 radical (unpaired) electrons. The Bertz CT molecular complexity index is 729. The monoisotopic (exact) mass is 302 g/mol. The van der Waals surface area contributed by atoms with Crippen LogP contribution in [0.25, 0.3) is 0 Å². The molecule has 0 aromatic heterocycles. The number of rotatable bonds is 6. The van der Waals surface area contributed by atoms with Crippen LogP contribution in [0.1, 0.15) is 22.3 Å². The molecule has 0 aliphatic heterocycles. The first-order valence-electron chi connectivity index (χ1n) is 8.19. The van der Waals surface area contributed by atoms with Gasteiger partial charge in [-0.2, -0.15) is 0 Å². The van der Waals surface area contributed by atoms with E-state index >= 15 is 0 Å². The molecule has 0 saturated heterocycles. The zero-order chi connectivity index (χ0) is 15.9. The Morgan fingerprint density at radius 3 is 1.57 bits per heavy atom. The molecule has 0 heterocycles. The molecule has 0 atom stereocenters. The smallest absolute Gasteiger partial charge is 0.115 e. The Morgan fingerprint density at radius 2 is 0.957 bits per heavy atom. The lowest BCUT2D eigenvalue weighted by Crippen LogP contribution is -1.95. The van der Waals surface area contributed by atoms with Crippen LogP contribution in [0, 0.1) is 0 Å². The first-order chi connectivity index (χ1) is 11.3. The van der Waals surface area contributed by atoms with Crippen LogP contribution in [-0.4, -0.2) is 5.11 Å². The van der Waals surface area contributed by atoms with Gasteiger partial charge in [-0.3, -0.25) is 0 Å². The molecule has 0 aliphatic rings. The van der Waals surface area contributed by atoms with E-state index in [1.54, 1.807) is 12.1 Å². The summed E-state index contributed by atoms with van der Waals surface area (Å²) in [5.41, 5.74) is 5.43. The summed E-state index contributed by atoms with van der Waals surface area (Å²) in [6.45, 7) is 0. The second-order valence-electron chi connectivity index (χ2n) is 5.97. The van der Waals surface area contributed by atoms with Crippen molar-refractivity contribution in [2.75, 3.05) is 0 Å². The van der Waals surface area contributed by atoms with Gasteiger partial charge in [0.25, 0.3) is 0 Å². The van der Waals surface area contributed by atoms with Gasteiger partial charge in [-0.15, -0.1) is 0 Å². The SMILES string of the molecule is Oc1ccc(CCc2cccc(CCc3ccccc3)c2)cc1. The van der Waals surface area contributed by atoms with Gasteiger partial charge in [0, 0.05) is 0 Å². The molecule has 1 nitrogen and oxygen atoms in total. The number of phenolic OH excluding ortho intramolecular Hbond substituents is 1. The van der Waals surface area contributed by atoms with E-state index in [2.05, 4.69) is 54.6 Å². The Hall–Kier alpha value is -2.54. The van der Waals surface area contributed by atoms with Crippen molar-refractivity contribution in [3.05, 3.63) is 101 Å². The second-order valence-corrected chi connectivity index (χ2v) is 5.97. The molecule has 0 amide bonds. The Kier molecular flexibility index (Phi) is 5.10. The van der Waals surface area contributed by atoms with Crippen LogP contribution in [0.4, 0.5) is 0 Å². The number of aryl methyl sites for hydroxylation is 4.